The summed E-state index contributed by atoms with van der Waals surface area (Å²) in [6.07, 6.45) is 1.05. The Kier molecular flexibility index (Phi) is 3.63. The van der Waals surface area contributed by atoms with Gasteiger partial charge in [0, 0.05) is 6.54 Å². The number of thiol groups is 1. The Morgan fingerprint density at radius 1 is 1.71 bits per heavy atom. The molecule has 1 aliphatic heterocycles. The van der Waals surface area contributed by atoms with Gasteiger partial charge in [-0.2, -0.15) is 8.42 Å². The van der Waals surface area contributed by atoms with E-state index in [4.69, 9.17) is 4.18 Å². The summed E-state index contributed by atoms with van der Waals surface area (Å²) >= 11 is 4.23. The van der Waals surface area contributed by atoms with Gasteiger partial charge >= 0.3 is 0 Å². The lowest BCUT2D eigenvalue weighted by Crippen LogP contribution is -2.30. The van der Waals surface area contributed by atoms with E-state index in [0.29, 0.717) is 6.54 Å². The Morgan fingerprint density at radius 3 is 2.64 bits per heavy atom. The third kappa shape index (κ3) is 2.98. The minimum atomic E-state index is -3.37. The largest absolute Gasteiger partial charge is 0.269 e. The van der Waals surface area contributed by atoms with Gasteiger partial charge in [0.2, 0.25) is 0 Å². The molecule has 0 saturated carbocycles. The van der Waals surface area contributed by atoms with E-state index >= 15 is 0 Å². The van der Waals surface area contributed by atoms with Crippen LogP contribution in [-0.2, 0) is 14.3 Å². The van der Waals surface area contributed by atoms with Crippen molar-refractivity contribution in [2.45, 2.75) is 13.0 Å². The first-order valence-corrected chi connectivity index (χ1v) is 6.50. The highest BCUT2D eigenvalue weighted by Gasteiger charge is 2.33. The van der Waals surface area contributed by atoms with Gasteiger partial charge in [-0.15, -0.1) is 0 Å². The van der Waals surface area contributed by atoms with E-state index in [9.17, 15) is 8.42 Å². The maximum atomic E-state index is 10.8. The minimum absolute atomic E-state index is 0.0134. The molecule has 0 radical (unpaired) electrons. The van der Waals surface area contributed by atoms with Crippen molar-refractivity contribution in [3.05, 3.63) is 12.2 Å². The zero-order valence-corrected chi connectivity index (χ0v) is 10.0. The fraction of sp³-hybridized carbons (Fsp3) is 0.750. The third-order valence-corrected chi connectivity index (χ3v) is 3.42. The summed E-state index contributed by atoms with van der Waals surface area (Å²) in [6, 6.07) is -0.0134. The van der Waals surface area contributed by atoms with Crippen LogP contribution in [0.2, 0.25) is 0 Å². The summed E-state index contributed by atoms with van der Waals surface area (Å²) in [6.45, 7) is 6.70. The predicted molar refractivity (Wildman–Crippen MR) is 58.6 cm³/mol. The molecule has 4 nitrogen and oxygen atoms in total. The van der Waals surface area contributed by atoms with Gasteiger partial charge < -0.3 is 0 Å². The van der Waals surface area contributed by atoms with Crippen molar-refractivity contribution < 1.29 is 12.6 Å². The Hall–Kier alpha value is -0.0400. The monoisotopic (exact) mass is 237 g/mol. The van der Waals surface area contributed by atoms with E-state index in [-0.39, 0.29) is 18.6 Å². The fourth-order valence-electron chi connectivity index (χ4n) is 1.42. The van der Waals surface area contributed by atoms with Gasteiger partial charge in [-0.05, 0) is 5.92 Å². The van der Waals surface area contributed by atoms with Crippen molar-refractivity contribution in [2.75, 3.05) is 19.4 Å². The molecule has 0 aromatic rings. The van der Waals surface area contributed by atoms with Crippen molar-refractivity contribution in [3.8, 4) is 0 Å². The van der Waals surface area contributed by atoms with Gasteiger partial charge in [-0.25, -0.2) is 4.31 Å². The van der Waals surface area contributed by atoms with Gasteiger partial charge in [-0.3, -0.25) is 4.18 Å². The molecule has 14 heavy (non-hydrogen) atoms. The van der Waals surface area contributed by atoms with Crippen LogP contribution < -0.4 is 0 Å². The summed E-state index contributed by atoms with van der Waals surface area (Å²) < 4.78 is 28.1. The van der Waals surface area contributed by atoms with E-state index in [1.54, 1.807) is 4.31 Å². The molecule has 2 atom stereocenters. The van der Waals surface area contributed by atoms with Gasteiger partial charge in [0.25, 0.3) is 10.1 Å². The van der Waals surface area contributed by atoms with Crippen LogP contribution in [0.1, 0.15) is 6.92 Å². The molecule has 1 saturated heterocycles. The maximum Gasteiger partial charge on any atom is 0.264 e. The Bertz CT molecular complexity index is 325. The summed E-state index contributed by atoms with van der Waals surface area (Å²) in [5, 5.41) is 0. The zero-order valence-electron chi connectivity index (χ0n) is 8.30. The lowest BCUT2D eigenvalue weighted by molar-refractivity contribution is 0.227. The van der Waals surface area contributed by atoms with Gasteiger partial charge in [0.15, 0.2) is 0 Å². The number of nitrogens with zero attached hydrogens (tertiary/aromatic N) is 1. The SMILES string of the molecule is C=C1CN(S)C(COS(C)(=O)=O)C1C. The molecule has 0 amide bonds. The van der Waals surface area contributed by atoms with Crippen molar-refractivity contribution in [2.24, 2.45) is 5.92 Å². The Morgan fingerprint density at radius 2 is 2.29 bits per heavy atom. The lowest BCUT2D eigenvalue weighted by atomic mass is 10.0. The summed E-state index contributed by atoms with van der Waals surface area (Å²) in [7, 11) is -3.37. The van der Waals surface area contributed by atoms with E-state index in [1.165, 1.54) is 0 Å². The number of hydrogen-bond acceptors (Lipinski definition) is 5. The molecule has 0 N–H and O–H groups in total. The van der Waals surface area contributed by atoms with Crippen LogP contribution >= 0.6 is 12.8 Å². The van der Waals surface area contributed by atoms with Crippen LogP contribution in [-0.4, -0.2) is 38.2 Å². The summed E-state index contributed by atoms with van der Waals surface area (Å²) in [5.74, 6) is 0.217. The summed E-state index contributed by atoms with van der Waals surface area (Å²) in [5.41, 5.74) is 1.06. The van der Waals surface area contributed by atoms with E-state index in [1.807, 2.05) is 6.92 Å². The highest BCUT2D eigenvalue weighted by Crippen LogP contribution is 2.29. The molecule has 0 aromatic heterocycles. The van der Waals surface area contributed by atoms with Gasteiger partial charge in [0.05, 0.1) is 18.9 Å². The first kappa shape index (κ1) is 12.0. The molecule has 2 unspecified atom stereocenters. The molecule has 1 fully saturated rings. The molecule has 0 aliphatic carbocycles. The normalized spacial score (nSPS) is 29.8. The lowest BCUT2D eigenvalue weighted by Gasteiger charge is -2.20. The molecular formula is C8H15NO3S2. The molecule has 1 aliphatic rings. The summed E-state index contributed by atoms with van der Waals surface area (Å²) in [4.78, 5) is 0. The molecule has 1 rings (SSSR count). The molecule has 0 spiro atoms. The highest BCUT2D eigenvalue weighted by molar-refractivity contribution is 7.86. The predicted octanol–water partition coefficient (Wildman–Crippen LogP) is 0.684. The Balaban J connectivity index is 2.57. The Labute approximate surface area is 90.6 Å². The molecular weight excluding hydrogens is 222 g/mol. The minimum Gasteiger partial charge on any atom is -0.269 e. The molecule has 0 bridgehead atoms. The topological polar surface area (TPSA) is 46.6 Å². The molecule has 6 heteroatoms. The molecule has 82 valence electrons. The highest BCUT2D eigenvalue weighted by atomic mass is 32.2. The van der Waals surface area contributed by atoms with Crippen LogP contribution in [0.3, 0.4) is 0 Å². The van der Waals surface area contributed by atoms with Crippen molar-refractivity contribution in [1.29, 1.82) is 0 Å². The first-order chi connectivity index (χ1) is 6.31. The van der Waals surface area contributed by atoms with Crippen LogP contribution in [0.15, 0.2) is 12.2 Å². The quantitative estimate of drug-likeness (QED) is 0.445. The zero-order chi connectivity index (χ0) is 10.9. The fourth-order valence-corrected chi connectivity index (χ4v) is 2.26. The standard InChI is InChI=1S/C8H15NO3S2/c1-6-4-9(13)8(7(6)2)5-12-14(3,10)11/h7-8,13H,1,4-5H2,2-3H3. The van der Waals surface area contributed by atoms with E-state index < -0.39 is 10.1 Å². The maximum absolute atomic E-state index is 10.8. The second kappa shape index (κ2) is 4.22. The van der Waals surface area contributed by atoms with Crippen LogP contribution in [0.5, 0.6) is 0 Å². The number of rotatable bonds is 3. The van der Waals surface area contributed by atoms with Crippen LogP contribution in [0.4, 0.5) is 0 Å². The second-order valence-electron chi connectivity index (χ2n) is 3.60. The number of hydrogen-bond donors (Lipinski definition) is 1. The average molecular weight is 237 g/mol. The first-order valence-electron chi connectivity index (χ1n) is 4.29. The smallest absolute Gasteiger partial charge is 0.264 e. The van der Waals surface area contributed by atoms with Crippen LogP contribution in [0.25, 0.3) is 0 Å². The molecule has 1 heterocycles. The van der Waals surface area contributed by atoms with Crippen molar-refractivity contribution in [1.82, 2.24) is 4.31 Å². The van der Waals surface area contributed by atoms with Crippen molar-refractivity contribution in [3.63, 3.8) is 0 Å². The second-order valence-corrected chi connectivity index (χ2v) is 5.76. The van der Waals surface area contributed by atoms with Gasteiger partial charge in [-0.1, -0.05) is 31.9 Å². The third-order valence-electron chi connectivity index (χ3n) is 2.42. The van der Waals surface area contributed by atoms with Gasteiger partial charge in [0.1, 0.15) is 0 Å². The molecule has 0 aromatic carbocycles. The van der Waals surface area contributed by atoms with Crippen molar-refractivity contribution >= 4 is 22.9 Å². The average Bonchev–Trinajstić information content (AvgIpc) is 2.23. The van der Waals surface area contributed by atoms with E-state index in [2.05, 4.69) is 19.4 Å². The van der Waals surface area contributed by atoms with Crippen LogP contribution in [0, 0.1) is 5.92 Å². The van der Waals surface area contributed by atoms with E-state index in [0.717, 1.165) is 11.8 Å².